The molecule has 104 valence electrons. The van der Waals surface area contributed by atoms with E-state index in [1.165, 1.54) is 6.33 Å². The van der Waals surface area contributed by atoms with Crippen molar-refractivity contribution in [2.24, 2.45) is 0 Å². The molecule has 5 heteroatoms. The lowest BCUT2D eigenvalue weighted by Gasteiger charge is -2.06. The third-order valence-electron chi connectivity index (χ3n) is 3.11. The summed E-state index contributed by atoms with van der Waals surface area (Å²) in [5, 5.41) is 9.48. The number of carbonyl (C=O) groups excluding carboxylic acids is 1. The van der Waals surface area contributed by atoms with Crippen LogP contribution in [-0.4, -0.2) is 21.1 Å². The second kappa shape index (κ2) is 5.58. The third kappa shape index (κ3) is 2.97. The fraction of sp³-hybridized carbons (Fsp3) is 0.0625. The second-order valence-electron chi connectivity index (χ2n) is 4.74. The predicted molar refractivity (Wildman–Crippen MR) is 81.0 cm³/mol. The number of benzene rings is 2. The minimum absolute atomic E-state index is 0.119. The highest BCUT2D eigenvalue weighted by Crippen LogP contribution is 2.17. The minimum Gasteiger partial charge on any atom is -0.322 e. The van der Waals surface area contributed by atoms with Crippen molar-refractivity contribution >= 4 is 11.6 Å². The number of aromatic nitrogens is 3. The molecule has 0 aliphatic rings. The molecule has 0 spiro atoms. The molecule has 0 fully saturated rings. The smallest absolute Gasteiger partial charge is 0.255 e. The molecule has 0 bridgehead atoms. The predicted octanol–water partition coefficient (Wildman–Crippen LogP) is 3.03. The number of aromatic amines is 1. The summed E-state index contributed by atoms with van der Waals surface area (Å²) in [5.74, 6) is 0.581. The Kier molecular flexibility index (Phi) is 3.47. The number of nitrogens with zero attached hydrogens (tertiary/aromatic N) is 2. The van der Waals surface area contributed by atoms with E-state index in [1.54, 1.807) is 6.07 Å². The van der Waals surface area contributed by atoms with E-state index < -0.39 is 0 Å². The number of nitrogens with one attached hydrogen (secondary N) is 2. The maximum Gasteiger partial charge on any atom is 0.255 e. The summed E-state index contributed by atoms with van der Waals surface area (Å²) < 4.78 is 0. The Morgan fingerprint density at radius 1 is 1.14 bits per heavy atom. The van der Waals surface area contributed by atoms with E-state index in [2.05, 4.69) is 20.5 Å². The van der Waals surface area contributed by atoms with Gasteiger partial charge < -0.3 is 5.32 Å². The van der Waals surface area contributed by atoms with Crippen molar-refractivity contribution < 1.29 is 4.79 Å². The topological polar surface area (TPSA) is 70.7 Å². The van der Waals surface area contributed by atoms with Crippen LogP contribution < -0.4 is 5.32 Å². The van der Waals surface area contributed by atoms with Crippen LogP contribution in [0.15, 0.2) is 54.9 Å². The number of hydrogen-bond acceptors (Lipinski definition) is 3. The van der Waals surface area contributed by atoms with Crippen LogP contribution in [-0.2, 0) is 0 Å². The zero-order valence-electron chi connectivity index (χ0n) is 11.5. The van der Waals surface area contributed by atoms with Gasteiger partial charge in [0.1, 0.15) is 6.33 Å². The van der Waals surface area contributed by atoms with Crippen molar-refractivity contribution in [1.29, 1.82) is 0 Å². The summed E-state index contributed by atoms with van der Waals surface area (Å²) in [6.45, 7) is 1.96. The summed E-state index contributed by atoms with van der Waals surface area (Å²) in [5.41, 5.74) is 3.36. The van der Waals surface area contributed by atoms with Crippen LogP contribution in [0.3, 0.4) is 0 Å². The Hall–Kier alpha value is -2.95. The van der Waals surface area contributed by atoms with Crippen molar-refractivity contribution in [2.75, 3.05) is 5.32 Å². The standard InChI is InChI=1S/C16H14N4O/c1-11-3-2-4-13(9-11)16(21)19-14-7-5-12(6-8-14)15-17-10-18-20-15/h2-10H,1H3,(H,19,21)(H,17,18,20). The molecule has 2 aromatic carbocycles. The van der Waals surface area contributed by atoms with Crippen molar-refractivity contribution in [3.63, 3.8) is 0 Å². The summed E-state index contributed by atoms with van der Waals surface area (Å²) in [4.78, 5) is 16.2. The molecule has 0 aliphatic carbocycles. The first kappa shape index (κ1) is 13.1. The zero-order valence-corrected chi connectivity index (χ0v) is 11.5. The minimum atomic E-state index is -0.119. The molecule has 0 unspecified atom stereocenters. The maximum absolute atomic E-state index is 12.1. The lowest BCUT2D eigenvalue weighted by atomic mass is 10.1. The van der Waals surface area contributed by atoms with Crippen molar-refractivity contribution in [3.8, 4) is 11.4 Å². The van der Waals surface area contributed by atoms with Gasteiger partial charge in [-0.15, -0.1) is 0 Å². The summed E-state index contributed by atoms with van der Waals surface area (Å²) in [6.07, 6.45) is 1.46. The highest BCUT2D eigenvalue weighted by molar-refractivity contribution is 6.04. The molecule has 5 nitrogen and oxygen atoms in total. The molecule has 0 atom stereocenters. The van der Waals surface area contributed by atoms with Crippen LogP contribution in [0.4, 0.5) is 5.69 Å². The average molecular weight is 278 g/mol. The molecule has 0 radical (unpaired) electrons. The first-order valence-corrected chi connectivity index (χ1v) is 6.56. The van der Waals surface area contributed by atoms with Gasteiger partial charge in [-0.2, -0.15) is 5.10 Å². The first-order chi connectivity index (χ1) is 10.2. The van der Waals surface area contributed by atoms with E-state index in [0.29, 0.717) is 11.4 Å². The fourth-order valence-electron chi connectivity index (χ4n) is 2.05. The Bertz CT molecular complexity index is 748. The molecule has 3 rings (SSSR count). The van der Waals surface area contributed by atoms with Crippen LogP contribution in [0.2, 0.25) is 0 Å². The van der Waals surface area contributed by atoms with Crippen molar-refractivity contribution in [2.45, 2.75) is 6.92 Å². The van der Waals surface area contributed by atoms with Gasteiger partial charge in [0.25, 0.3) is 5.91 Å². The van der Waals surface area contributed by atoms with Crippen LogP contribution in [0.5, 0.6) is 0 Å². The quantitative estimate of drug-likeness (QED) is 0.773. The monoisotopic (exact) mass is 278 g/mol. The normalized spacial score (nSPS) is 10.3. The molecule has 1 heterocycles. The average Bonchev–Trinajstić information content (AvgIpc) is 3.02. The largest absolute Gasteiger partial charge is 0.322 e. The Balaban J connectivity index is 1.75. The second-order valence-corrected chi connectivity index (χ2v) is 4.74. The van der Waals surface area contributed by atoms with E-state index in [4.69, 9.17) is 0 Å². The first-order valence-electron chi connectivity index (χ1n) is 6.56. The Morgan fingerprint density at radius 3 is 2.62 bits per heavy atom. The van der Waals surface area contributed by atoms with Gasteiger partial charge >= 0.3 is 0 Å². The number of hydrogen-bond donors (Lipinski definition) is 2. The number of amides is 1. The Labute approximate surface area is 122 Å². The molecule has 1 amide bonds. The van der Waals surface area contributed by atoms with Gasteiger partial charge in [0.15, 0.2) is 5.82 Å². The number of H-pyrrole nitrogens is 1. The van der Waals surface area contributed by atoms with Gasteiger partial charge in [-0.25, -0.2) is 4.98 Å². The third-order valence-corrected chi connectivity index (χ3v) is 3.11. The summed E-state index contributed by atoms with van der Waals surface area (Å²) in [6, 6.07) is 14.9. The van der Waals surface area contributed by atoms with Gasteiger partial charge in [0.05, 0.1) is 0 Å². The Morgan fingerprint density at radius 2 is 1.95 bits per heavy atom. The highest BCUT2D eigenvalue weighted by Gasteiger charge is 2.06. The van der Waals surface area contributed by atoms with Crippen LogP contribution in [0.1, 0.15) is 15.9 Å². The molecule has 2 N–H and O–H groups in total. The molecule has 21 heavy (non-hydrogen) atoms. The molecule has 3 aromatic rings. The maximum atomic E-state index is 12.1. The van der Waals surface area contributed by atoms with Crippen LogP contribution in [0.25, 0.3) is 11.4 Å². The number of aryl methyl sites for hydroxylation is 1. The highest BCUT2D eigenvalue weighted by atomic mass is 16.1. The van der Waals surface area contributed by atoms with Crippen molar-refractivity contribution in [1.82, 2.24) is 15.2 Å². The van der Waals surface area contributed by atoms with Gasteiger partial charge in [-0.05, 0) is 43.3 Å². The van der Waals surface area contributed by atoms with E-state index in [-0.39, 0.29) is 5.91 Å². The van der Waals surface area contributed by atoms with E-state index in [9.17, 15) is 4.79 Å². The molecular formula is C16H14N4O. The van der Waals surface area contributed by atoms with Gasteiger partial charge in [0, 0.05) is 16.8 Å². The van der Waals surface area contributed by atoms with Crippen LogP contribution >= 0.6 is 0 Å². The molecular weight excluding hydrogens is 264 g/mol. The van der Waals surface area contributed by atoms with E-state index in [1.807, 2.05) is 49.4 Å². The fourth-order valence-corrected chi connectivity index (χ4v) is 2.05. The van der Waals surface area contributed by atoms with Gasteiger partial charge in [-0.1, -0.05) is 17.7 Å². The van der Waals surface area contributed by atoms with Gasteiger partial charge in [-0.3, -0.25) is 9.89 Å². The molecule has 1 aromatic heterocycles. The van der Waals surface area contributed by atoms with Crippen LogP contribution in [0, 0.1) is 6.92 Å². The molecule has 0 saturated heterocycles. The lowest BCUT2D eigenvalue weighted by molar-refractivity contribution is 0.102. The van der Waals surface area contributed by atoms with E-state index >= 15 is 0 Å². The number of anilines is 1. The zero-order chi connectivity index (χ0) is 14.7. The summed E-state index contributed by atoms with van der Waals surface area (Å²) in [7, 11) is 0. The lowest BCUT2D eigenvalue weighted by Crippen LogP contribution is -2.11. The van der Waals surface area contributed by atoms with Crippen molar-refractivity contribution in [3.05, 3.63) is 66.0 Å². The summed E-state index contributed by atoms with van der Waals surface area (Å²) >= 11 is 0. The molecule has 0 saturated carbocycles. The van der Waals surface area contributed by atoms with E-state index in [0.717, 1.165) is 16.8 Å². The molecule has 0 aliphatic heterocycles. The number of rotatable bonds is 3. The van der Waals surface area contributed by atoms with Gasteiger partial charge in [0.2, 0.25) is 0 Å². The SMILES string of the molecule is Cc1cccc(C(=O)Nc2ccc(-c3ncn[nH]3)cc2)c1. The number of carbonyl (C=O) groups is 1.